The van der Waals surface area contributed by atoms with Crippen molar-refractivity contribution in [2.45, 2.75) is 38.1 Å². The Morgan fingerprint density at radius 3 is 2.65 bits per heavy atom. The van der Waals surface area contributed by atoms with Gasteiger partial charge in [0.25, 0.3) is 10.0 Å². The monoisotopic (exact) mass is 303 g/mol. The number of aromatic nitrogens is 2. The Kier molecular flexibility index (Phi) is 6.15. The van der Waals surface area contributed by atoms with Crippen LogP contribution in [0.5, 0.6) is 0 Å². The summed E-state index contributed by atoms with van der Waals surface area (Å²) in [7, 11) is -3.55. The molecule has 0 aliphatic carbocycles. The summed E-state index contributed by atoms with van der Waals surface area (Å²) in [5.74, 6) is -0.338. The summed E-state index contributed by atoms with van der Waals surface area (Å²) in [6, 6.07) is 1.38. The molecule has 1 atom stereocenters. The van der Waals surface area contributed by atoms with E-state index in [-0.39, 0.29) is 23.9 Å². The predicted octanol–water partition coefficient (Wildman–Crippen LogP) is 1.22. The van der Waals surface area contributed by atoms with Crippen molar-refractivity contribution >= 4 is 16.0 Å². The Hall–Kier alpha value is -1.41. The number of carboxylic acids is 1. The molecular formula is C12H21N3O4S. The molecule has 0 spiro atoms. The van der Waals surface area contributed by atoms with E-state index in [1.165, 1.54) is 12.3 Å². The van der Waals surface area contributed by atoms with Crippen LogP contribution in [0, 0.1) is 11.8 Å². The van der Waals surface area contributed by atoms with E-state index in [0.717, 1.165) is 0 Å². The maximum atomic E-state index is 11.8. The van der Waals surface area contributed by atoms with Gasteiger partial charge in [0, 0.05) is 13.0 Å². The van der Waals surface area contributed by atoms with Crippen LogP contribution in [0.3, 0.4) is 0 Å². The van der Waals surface area contributed by atoms with Crippen LogP contribution in [0.4, 0.5) is 0 Å². The van der Waals surface area contributed by atoms with Crippen molar-refractivity contribution < 1.29 is 18.3 Å². The van der Waals surface area contributed by atoms with E-state index in [0.29, 0.717) is 18.8 Å². The highest BCUT2D eigenvalue weighted by Gasteiger charge is 2.18. The van der Waals surface area contributed by atoms with Gasteiger partial charge in [0.1, 0.15) is 0 Å². The van der Waals surface area contributed by atoms with Gasteiger partial charge in [-0.2, -0.15) is 5.10 Å². The molecular weight excluding hydrogens is 282 g/mol. The quantitative estimate of drug-likeness (QED) is 0.635. The van der Waals surface area contributed by atoms with Crippen molar-refractivity contribution in [2.24, 2.45) is 11.8 Å². The van der Waals surface area contributed by atoms with Gasteiger partial charge in [-0.05, 0) is 30.7 Å². The number of aliphatic carboxylic acids is 1. The number of sulfonamides is 1. The minimum atomic E-state index is -3.55. The Morgan fingerprint density at radius 1 is 1.45 bits per heavy atom. The van der Waals surface area contributed by atoms with Gasteiger partial charge in [0.2, 0.25) is 0 Å². The molecule has 1 aromatic rings. The molecule has 3 N–H and O–H groups in total. The summed E-state index contributed by atoms with van der Waals surface area (Å²) >= 11 is 0. The third kappa shape index (κ3) is 5.30. The van der Waals surface area contributed by atoms with Gasteiger partial charge in [-0.3, -0.25) is 9.89 Å². The minimum absolute atomic E-state index is 0.0316. The third-order valence-corrected chi connectivity index (χ3v) is 4.63. The predicted molar refractivity (Wildman–Crippen MR) is 73.6 cm³/mol. The fourth-order valence-electron chi connectivity index (χ4n) is 1.97. The number of carbonyl (C=O) groups is 1. The molecule has 0 saturated heterocycles. The number of hydrogen-bond acceptors (Lipinski definition) is 4. The molecule has 114 valence electrons. The van der Waals surface area contributed by atoms with Crippen LogP contribution in [-0.2, 0) is 14.8 Å². The topological polar surface area (TPSA) is 112 Å². The SMILES string of the molecule is CC(C)C(CCNS(=O)(=O)c1ccn[nH]1)CCC(=O)O. The fourth-order valence-corrected chi connectivity index (χ4v) is 2.92. The van der Waals surface area contributed by atoms with Gasteiger partial charge in [-0.15, -0.1) is 0 Å². The molecule has 1 aromatic heterocycles. The van der Waals surface area contributed by atoms with E-state index in [4.69, 9.17) is 5.11 Å². The average Bonchev–Trinajstić information content (AvgIpc) is 2.87. The number of H-pyrrole nitrogens is 1. The maximum absolute atomic E-state index is 11.8. The smallest absolute Gasteiger partial charge is 0.303 e. The normalized spacial score (nSPS) is 13.6. The summed E-state index contributed by atoms with van der Waals surface area (Å²) in [5, 5.41) is 14.7. The highest BCUT2D eigenvalue weighted by atomic mass is 32.2. The lowest BCUT2D eigenvalue weighted by Gasteiger charge is -2.20. The second kappa shape index (κ2) is 7.39. The van der Waals surface area contributed by atoms with E-state index in [2.05, 4.69) is 14.9 Å². The largest absolute Gasteiger partial charge is 0.481 e. The molecule has 1 unspecified atom stereocenters. The van der Waals surface area contributed by atoms with Crippen molar-refractivity contribution in [1.29, 1.82) is 0 Å². The van der Waals surface area contributed by atoms with E-state index >= 15 is 0 Å². The molecule has 0 aliphatic rings. The van der Waals surface area contributed by atoms with Gasteiger partial charge in [0.05, 0.1) is 6.20 Å². The fraction of sp³-hybridized carbons (Fsp3) is 0.667. The van der Waals surface area contributed by atoms with E-state index in [1.54, 1.807) is 0 Å². The van der Waals surface area contributed by atoms with E-state index in [1.807, 2.05) is 13.8 Å². The van der Waals surface area contributed by atoms with Crippen LogP contribution in [-0.4, -0.2) is 36.2 Å². The van der Waals surface area contributed by atoms with E-state index < -0.39 is 16.0 Å². The first-order valence-electron chi connectivity index (χ1n) is 6.53. The van der Waals surface area contributed by atoms with Crippen molar-refractivity contribution in [3.63, 3.8) is 0 Å². The molecule has 0 amide bonds. The molecule has 0 fully saturated rings. The number of hydrogen-bond donors (Lipinski definition) is 3. The minimum Gasteiger partial charge on any atom is -0.481 e. The number of rotatable bonds is 9. The Labute approximate surface area is 118 Å². The average molecular weight is 303 g/mol. The molecule has 7 nitrogen and oxygen atoms in total. The zero-order valence-electron chi connectivity index (χ0n) is 11.7. The van der Waals surface area contributed by atoms with Crippen LogP contribution in [0.2, 0.25) is 0 Å². The van der Waals surface area contributed by atoms with Crippen molar-refractivity contribution in [3.05, 3.63) is 12.3 Å². The Morgan fingerprint density at radius 2 is 2.15 bits per heavy atom. The lowest BCUT2D eigenvalue weighted by Crippen LogP contribution is -2.27. The molecule has 20 heavy (non-hydrogen) atoms. The lowest BCUT2D eigenvalue weighted by molar-refractivity contribution is -0.137. The summed E-state index contributed by atoms with van der Waals surface area (Å²) < 4.78 is 26.2. The zero-order valence-corrected chi connectivity index (χ0v) is 12.5. The molecule has 1 rings (SSSR count). The third-order valence-electron chi connectivity index (χ3n) is 3.24. The zero-order chi connectivity index (χ0) is 15.2. The number of carboxylic acid groups (broad SMARTS) is 1. The van der Waals surface area contributed by atoms with Crippen molar-refractivity contribution in [3.8, 4) is 0 Å². The highest BCUT2D eigenvalue weighted by Crippen LogP contribution is 2.20. The van der Waals surface area contributed by atoms with Crippen molar-refractivity contribution in [2.75, 3.05) is 6.54 Å². The summed E-state index contributed by atoms with van der Waals surface area (Å²) in [5.41, 5.74) is 0. The van der Waals surface area contributed by atoms with Gasteiger partial charge in [-0.25, -0.2) is 13.1 Å². The number of nitrogens with zero attached hydrogens (tertiary/aromatic N) is 1. The molecule has 1 heterocycles. The lowest BCUT2D eigenvalue weighted by atomic mass is 9.88. The van der Waals surface area contributed by atoms with Crippen LogP contribution in [0.15, 0.2) is 17.3 Å². The number of nitrogens with one attached hydrogen (secondary N) is 2. The second-order valence-electron chi connectivity index (χ2n) is 5.04. The second-order valence-corrected chi connectivity index (χ2v) is 6.78. The maximum Gasteiger partial charge on any atom is 0.303 e. The summed E-state index contributed by atoms with van der Waals surface area (Å²) in [6.45, 7) is 4.30. The van der Waals surface area contributed by atoms with Crippen LogP contribution in [0.25, 0.3) is 0 Å². The number of aromatic amines is 1. The van der Waals surface area contributed by atoms with Crippen LogP contribution >= 0.6 is 0 Å². The Balaban J connectivity index is 2.46. The van der Waals surface area contributed by atoms with Crippen molar-refractivity contribution in [1.82, 2.24) is 14.9 Å². The molecule has 8 heteroatoms. The van der Waals surface area contributed by atoms with Gasteiger partial charge in [-0.1, -0.05) is 13.8 Å². The van der Waals surface area contributed by atoms with E-state index in [9.17, 15) is 13.2 Å². The molecule has 0 saturated carbocycles. The highest BCUT2D eigenvalue weighted by molar-refractivity contribution is 7.89. The van der Waals surface area contributed by atoms with Crippen LogP contribution < -0.4 is 4.72 Å². The first-order valence-corrected chi connectivity index (χ1v) is 8.02. The van der Waals surface area contributed by atoms with Gasteiger partial charge in [0.15, 0.2) is 5.03 Å². The standard InChI is InChI=1S/C12H21N3O4S/c1-9(2)10(3-4-12(16)17)5-8-14-20(18,19)11-6-7-13-15-11/h6-7,9-10,14H,3-5,8H2,1-2H3,(H,13,15)(H,16,17). The van der Waals surface area contributed by atoms with Gasteiger partial charge >= 0.3 is 5.97 Å². The molecule has 0 bridgehead atoms. The first kappa shape index (κ1) is 16.6. The van der Waals surface area contributed by atoms with Crippen LogP contribution in [0.1, 0.15) is 33.1 Å². The first-order chi connectivity index (χ1) is 9.33. The Bertz CT molecular complexity index is 511. The molecule has 0 aliphatic heterocycles. The van der Waals surface area contributed by atoms with Gasteiger partial charge < -0.3 is 5.11 Å². The molecule has 0 radical (unpaired) electrons. The molecule has 0 aromatic carbocycles. The summed E-state index contributed by atoms with van der Waals surface area (Å²) in [4.78, 5) is 10.6. The summed E-state index contributed by atoms with van der Waals surface area (Å²) in [6.07, 6.45) is 2.64.